The lowest BCUT2D eigenvalue weighted by molar-refractivity contribution is -0.861. The van der Waals surface area contributed by atoms with Crippen LogP contribution >= 0.6 is 0 Å². The van der Waals surface area contributed by atoms with E-state index in [4.69, 9.17) is 18.9 Å². The molecule has 0 radical (unpaired) electrons. The summed E-state index contributed by atoms with van der Waals surface area (Å²) in [6, 6.07) is 10.8. The molecule has 2 atom stereocenters. The molecule has 0 saturated carbocycles. The first kappa shape index (κ1) is 49.8. The van der Waals surface area contributed by atoms with Crippen molar-refractivity contribution in [1.29, 1.82) is 0 Å². The predicted octanol–water partition coefficient (Wildman–Crippen LogP) is -0.777. The highest BCUT2D eigenvalue weighted by Gasteiger charge is 2.15. The van der Waals surface area contributed by atoms with Gasteiger partial charge in [-0.25, -0.2) is 0 Å². The summed E-state index contributed by atoms with van der Waals surface area (Å²) in [4.78, 5) is 44.9. The third-order valence-electron chi connectivity index (χ3n) is 7.12. The van der Waals surface area contributed by atoms with Gasteiger partial charge in [-0.2, -0.15) is 0 Å². The van der Waals surface area contributed by atoms with E-state index in [2.05, 4.69) is 0 Å². The minimum atomic E-state index is -1.55. The van der Waals surface area contributed by atoms with E-state index in [1.54, 1.807) is 24.3 Å². The molecule has 4 N–H and O–H groups in total. The van der Waals surface area contributed by atoms with Gasteiger partial charge in [0.2, 0.25) is 0 Å². The van der Waals surface area contributed by atoms with Crippen molar-refractivity contribution in [2.45, 2.75) is 78.8 Å². The SMILES string of the molecule is CCCOCc1cc(C(=O)CC)ccc1OCC(O)C[NH+](C)C.CCCOCc1cc(C(=O)CC)ccc1OCC(O)C[NH+](C)C.O=C([O-])/C=C/C(=O)[O-]. The van der Waals surface area contributed by atoms with Gasteiger partial charge in [-0.1, -0.05) is 27.7 Å². The molecule has 2 unspecified atom stereocenters. The summed E-state index contributed by atoms with van der Waals surface area (Å²) in [5.74, 6) is -1.56. The van der Waals surface area contributed by atoms with Crippen LogP contribution in [0.4, 0.5) is 0 Å². The zero-order chi connectivity index (χ0) is 41.1. The van der Waals surface area contributed by atoms with E-state index in [1.807, 2.05) is 68.0 Å². The Labute approximate surface area is 320 Å². The van der Waals surface area contributed by atoms with Crippen LogP contribution in [0.1, 0.15) is 85.2 Å². The summed E-state index contributed by atoms with van der Waals surface area (Å²) < 4.78 is 22.7. The number of benzene rings is 2. The molecule has 0 saturated heterocycles. The average molecular weight is 763 g/mol. The van der Waals surface area contributed by atoms with Crippen molar-refractivity contribution in [3.63, 3.8) is 0 Å². The number of carboxylic acids is 2. The highest BCUT2D eigenvalue weighted by atomic mass is 16.5. The number of aliphatic hydroxyl groups is 2. The van der Waals surface area contributed by atoms with Crippen LogP contribution in [0, 0.1) is 0 Å². The third kappa shape index (κ3) is 23.5. The second-order valence-electron chi connectivity index (χ2n) is 13.0. The maximum atomic E-state index is 11.9. The van der Waals surface area contributed by atoms with Gasteiger partial charge in [-0.15, -0.1) is 0 Å². The molecule has 0 amide bonds. The average Bonchev–Trinajstić information content (AvgIpc) is 3.12. The number of carbonyl (C=O) groups is 4. The topological polar surface area (TPSA) is 201 Å². The van der Waals surface area contributed by atoms with Gasteiger partial charge >= 0.3 is 0 Å². The number of carbonyl (C=O) groups excluding carboxylic acids is 4. The zero-order valence-electron chi connectivity index (χ0n) is 33.2. The Hall–Kier alpha value is -4.18. The number of aliphatic hydroxyl groups excluding tert-OH is 2. The van der Waals surface area contributed by atoms with E-state index < -0.39 is 24.1 Å². The van der Waals surface area contributed by atoms with Gasteiger partial charge in [-0.05, 0) is 61.4 Å². The quantitative estimate of drug-likeness (QED) is 0.0592. The second kappa shape index (κ2) is 29.2. The summed E-state index contributed by atoms with van der Waals surface area (Å²) >= 11 is 0. The fourth-order valence-corrected chi connectivity index (χ4v) is 4.64. The number of Topliss-reactive ketones (excluding diaryl/α,β-unsaturated/α-hetero) is 2. The largest absolute Gasteiger partial charge is 0.545 e. The lowest BCUT2D eigenvalue weighted by atomic mass is 10.1. The lowest BCUT2D eigenvalue weighted by Crippen LogP contribution is -3.07. The van der Waals surface area contributed by atoms with Crippen LogP contribution in [-0.4, -0.2) is 114 Å². The number of likely N-dealkylation sites (N-methyl/N-ethyl adjacent to an activating group) is 2. The third-order valence-corrected chi connectivity index (χ3v) is 7.12. The fraction of sp³-hybridized carbons (Fsp3) is 0.550. The maximum Gasteiger partial charge on any atom is 0.162 e. The molecule has 14 heteroatoms. The van der Waals surface area contributed by atoms with E-state index in [-0.39, 0.29) is 24.8 Å². The molecule has 0 heterocycles. The number of quaternary nitrogens is 2. The van der Waals surface area contributed by atoms with Gasteiger partial charge in [0.1, 0.15) is 50.0 Å². The first-order valence-electron chi connectivity index (χ1n) is 18.4. The van der Waals surface area contributed by atoms with Crippen molar-refractivity contribution in [3.8, 4) is 11.5 Å². The maximum absolute atomic E-state index is 11.9. The standard InChI is InChI=1S/2C18H29NO4.C4H4O4/c2*1-5-9-22-12-15-10-14(17(21)6-2)7-8-18(15)23-13-16(20)11-19(3)4;5-3(6)1-2-4(7)8/h2*7-8,10,16,20H,5-6,9,11-13H2,1-4H3;1-2H,(H,5,6)(H,7,8)/b;;2-1+. The smallest absolute Gasteiger partial charge is 0.162 e. The van der Waals surface area contributed by atoms with E-state index in [1.165, 1.54) is 0 Å². The molecule has 2 aromatic rings. The molecule has 54 heavy (non-hydrogen) atoms. The Morgan fingerprint density at radius 3 is 1.28 bits per heavy atom. The number of nitrogens with one attached hydrogen (secondary N) is 2. The number of ether oxygens (including phenoxy) is 4. The van der Waals surface area contributed by atoms with Gasteiger partial charge in [0.05, 0.1) is 53.3 Å². The van der Waals surface area contributed by atoms with Crippen molar-refractivity contribution in [3.05, 3.63) is 70.8 Å². The van der Waals surface area contributed by atoms with E-state index in [0.717, 1.165) is 33.8 Å². The van der Waals surface area contributed by atoms with Crippen LogP contribution in [0.5, 0.6) is 11.5 Å². The molecule has 0 aliphatic carbocycles. The van der Waals surface area contributed by atoms with Crippen LogP contribution in [0.3, 0.4) is 0 Å². The Morgan fingerprint density at radius 1 is 0.648 bits per heavy atom. The van der Waals surface area contributed by atoms with Crippen LogP contribution < -0.4 is 29.5 Å². The van der Waals surface area contributed by atoms with Crippen LogP contribution in [0.25, 0.3) is 0 Å². The number of hydrogen-bond donors (Lipinski definition) is 4. The van der Waals surface area contributed by atoms with Gasteiger partial charge < -0.3 is 58.8 Å². The molecule has 2 rings (SSSR count). The van der Waals surface area contributed by atoms with Gasteiger partial charge in [0, 0.05) is 48.3 Å². The molecule has 0 aromatic heterocycles. The summed E-state index contributed by atoms with van der Waals surface area (Å²) in [5, 5.41) is 38.7. The number of carboxylic acid groups (broad SMARTS) is 2. The Bertz CT molecular complexity index is 1320. The summed E-state index contributed by atoms with van der Waals surface area (Å²) in [7, 11) is 7.94. The molecule has 0 spiro atoms. The monoisotopic (exact) mass is 762 g/mol. The Morgan fingerprint density at radius 2 is 1.00 bits per heavy atom. The number of ketones is 2. The number of aliphatic carboxylic acids is 2. The zero-order valence-corrected chi connectivity index (χ0v) is 33.2. The van der Waals surface area contributed by atoms with Gasteiger partial charge in [0.25, 0.3) is 0 Å². The summed E-state index contributed by atoms with van der Waals surface area (Å²) in [5.41, 5.74) is 3.05. The summed E-state index contributed by atoms with van der Waals surface area (Å²) in [6.07, 6.45) is 2.54. The number of rotatable bonds is 24. The van der Waals surface area contributed by atoms with Crippen molar-refractivity contribution in [2.75, 3.05) is 67.7 Å². The van der Waals surface area contributed by atoms with Crippen molar-refractivity contribution >= 4 is 23.5 Å². The van der Waals surface area contributed by atoms with E-state index >= 15 is 0 Å². The van der Waals surface area contributed by atoms with Crippen LogP contribution in [-0.2, 0) is 32.3 Å². The molecule has 0 aliphatic rings. The molecular weight excluding hydrogens is 700 g/mol. The molecular formula is C40H62N2O12. The van der Waals surface area contributed by atoms with Crippen molar-refractivity contribution in [2.24, 2.45) is 0 Å². The molecule has 0 fully saturated rings. The van der Waals surface area contributed by atoms with Crippen LogP contribution in [0.2, 0.25) is 0 Å². The van der Waals surface area contributed by atoms with Crippen LogP contribution in [0.15, 0.2) is 48.6 Å². The first-order chi connectivity index (χ1) is 25.6. The van der Waals surface area contributed by atoms with E-state index in [9.17, 15) is 39.6 Å². The molecule has 0 bridgehead atoms. The minimum Gasteiger partial charge on any atom is -0.545 e. The Balaban J connectivity index is 0.000000867. The van der Waals surface area contributed by atoms with E-state index in [0.29, 0.717) is 87.1 Å². The highest BCUT2D eigenvalue weighted by Crippen LogP contribution is 2.24. The fourth-order valence-electron chi connectivity index (χ4n) is 4.64. The van der Waals surface area contributed by atoms with Crippen molar-refractivity contribution in [1.82, 2.24) is 0 Å². The second-order valence-corrected chi connectivity index (χ2v) is 13.0. The highest BCUT2D eigenvalue weighted by molar-refractivity contribution is 5.96. The number of hydrogen-bond acceptors (Lipinski definition) is 12. The predicted molar refractivity (Wildman–Crippen MR) is 200 cm³/mol. The molecule has 0 aliphatic heterocycles. The normalized spacial score (nSPS) is 12.0. The lowest BCUT2D eigenvalue weighted by Gasteiger charge is -2.17. The summed E-state index contributed by atoms with van der Waals surface area (Å²) in [6.45, 7) is 11.6. The van der Waals surface area contributed by atoms with Gasteiger partial charge in [-0.3, -0.25) is 9.59 Å². The minimum absolute atomic E-state index is 0.101. The first-order valence-corrected chi connectivity index (χ1v) is 18.4. The van der Waals surface area contributed by atoms with Gasteiger partial charge in [0.15, 0.2) is 11.6 Å². The molecule has 2 aromatic carbocycles. The van der Waals surface area contributed by atoms with Crippen molar-refractivity contribution < 1.29 is 68.4 Å². The molecule has 304 valence electrons. The molecule has 14 nitrogen and oxygen atoms in total. The Kier molecular flexibility index (Phi) is 27.0.